The number of benzene rings is 1. The number of rotatable bonds is 3. The zero-order valence-corrected chi connectivity index (χ0v) is 7.93. The van der Waals surface area contributed by atoms with E-state index in [0.29, 0.717) is 11.0 Å². The van der Waals surface area contributed by atoms with Crippen LogP contribution in [0.3, 0.4) is 0 Å². The van der Waals surface area contributed by atoms with E-state index in [4.69, 9.17) is 5.73 Å². The predicted molar refractivity (Wildman–Crippen MR) is 50.8 cm³/mol. The summed E-state index contributed by atoms with van der Waals surface area (Å²) in [7, 11) is 0. The number of amides is 1. The van der Waals surface area contributed by atoms with Crippen LogP contribution in [0.15, 0.2) is 24.5 Å². The number of alkyl halides is 2. The molecule has 0 radical (unpaired) electrons. The van der Waals surface area contributed by atoms with Gasteiger partial charge in [0.25, 0.3) is 0 Å². The van der Waals surface area contributed by atoms with Gasteiger partial charge >= 0.3 is 6.61 Å². The van der Waals surface area contributed by atoms with Crippen molar-refractivity contribution in [3.05, 3.63) is 30.1 Å². The summed E-state index contributed by atoms with van der Waals surface area (Å²) in [5.41, 5.74) is 6.02. The van der Waals surface area contributed by atoms with Gasteiger partial charge in [0.1, 0.15) is 11.8 Å². The zero-order valence-electron chi connectivity index (χ0n) is 7.93. The van der Waals surface area contributed by atoms with Gasteiger partial charge < -0.3 is 10.6 Å². The molecule has 2 aromatic rings. The van der Waals surface area contributed by atoms with E-state index < -0.39 is 12.5 Å². The number of nitrogens with two attached hydrogens (primary N) is 1. The number of carbonyl (C=O) groups is 1. The molecule has 1 heterocycles. The Labute approximate surface area is 88.4 Å². The van der Waals surface area contributed by atoms with Crippen molar-refractivity contribution in [2.75, 3.05) is 0 Å². The van der Waals surface area contributed by atoms with Crippen LogP contribution in [0.1, 0.15) is 10.4 Å². The molecule has 0 aliphatic carbocycles. The van der Waals surface area contributed by atoms with Gasteiger partial charge in [0.05, 0.1) is 5.52 Å². The summed E-state index contributed by atoms with van der Waals surface area (Å²) in [6.45, 7) is -2.94. The lowest BCUT2D eigenvalue weighted by Crippen LogP contribution is -2.15. The molecule has 0 spiro atoms. The van der Waals surface area contributed by atoms with Crippen LogP contribution in [-0.4, -0.2) is 22.2 Å². The maximum atomic E-state index is 12.0. The quantitative estimate of drug-likeness (QED) is 0.842. The highest BCUT2D eigenvalue weighted by molar-refractivity contribution is 5.96. The van der Waals surface area contributed by atoms with Crippen molar-refractivity contribution in [3.8, 4) is 0 Å². The predicted octanol–water partition coefficient (Wildman–Crippen LogP) is 0.786. The third-order valence-electron chi connectivity index (χ3n) is 1.99. The SMILES string of the molecule is NC(=O)c1ccc2c(c1)ncn2OC(F)F. The van der Waals surface area contributed by atoms with Gasteiger partial charge in [-0.2, -0.15) is 13.5 Å². The molecule has 0 fully saturated rings. The van der Waals surface area contributed by atoms with Crippen LogP contribution in [0.5, 0.6) is 0 Å². The van der Waals surface area contributed by atoms with Crippen molar-refractivity contribution in [3.63, 3.8) is 0 Å². The molecule has 2 N–H and O–H groups in total. The summed E-state index contributed by atoms with van der Waals surface area (Å²) >= 11 is 0. The lowest BCUT2D eigenvalue weighted by molar-refractivity contribution is -0.129. The second-order valence-electron chi connectivity index (χ2n) is 3.00. The number of carbonyl (C=O) groups excluding carboxylic acids is 1. The zero-order chi connectivity index (χ0) is 11.7. The van der Waals surface area contributed by atoms with Crippen LogP contribution in [0.25, 0.3) is 11.0 Å². The molecule has 0 saturated heterocycles. The minimum absolute atomic E-state index is 0.259. The van der Waals surface area contributed by atoms with Gasteiger partial charge in [-0.3, -0.25) is 4.79 Å². The highest BCUT2D eigenvalue weighted by atomic mass is 19.3. The second-order valence-corrected chi connectivity index (χ2v) is 3.00. The minimum Gasteiger partial charge on any atom is -0.366 e. The molecule has 0 aliphatic heterocycles. The molecule has 0 bridgehead atoms. The van der Waals surface area contributed by atoms with E-state index in [-0.39, 0.29) is 5.56 Å². The van der Waals surface area contributed by atoms with Crippen molar-refractivity contribution < 1.29 is 18.4 Å². The van der Waals surface area contributed by atoms with Crippen molar-refractivity contribution in [1.82, 2.24) is 9.71 Å². The average Bonchev–Trinajstić information content (AvgIpc) is 2.60. The first-order valence-electron chi connectivity index (χ1n) is 4.30. The lowest BCUT2D eigenvalue weighted by atomic mass is 10.2. The first kappa shape index (κ1) is 10.3. The van der Waals surface area contributed by atoms with E-state index in [0.717, 1.165) is 11.1 Å². The van der Waals surface area contributed by atoms with Crippen molar-refractivity contribution in [2.45, 2.75) is 6.61 Å². The summed E-state index contributed by atoms with van der Waals surface area (Å²) in [6, 6.07) is 4.26. The van der Waals surface area contributed by atoms with Crippen molar-refractivity contribution >= 4 is 16.9 Å². The van der Waals surface area contributed by atoms with Gasteiger partial charge in [0.2, 0.25) is 5.91 Å². The van der Waals surface area contributed by atoms with Crippen LogP contribution in [-0.2, 0) is 0 Å². The Morgan fingerprint density at radius 3 is 2.88 bits per heavy atom. The van der Waals surface area contributed by atoms with E-state index in [1.165, 1.54) is 18.2 Å². The third kappa shape index (κ3) is 1.79. The molecule has 2 rings (SSSR count). The van der Waals surface area contributed by atoms with Crippen LogP contribution < -0.4 is 10.6 Å². The number of imidazole rings is 1. The Morgan fingerprint density at radius 2 is 2.25 bits per heavy atom. The van der Waals surface area contributed by atoms with Gasteiger partial charge in [-0.05, 0) is 18.2 Å². The van der Waals surface area contributed by atoms with E-state index in [2.05, 4.69) is 9.82 Å². The molecule has 1 aromatic carbocycles. The molecule has 84 valence electrons. The Bertz CT molecular complexity index is 539. The topological polar surface area (TPSA) is 70.1 Å². The van der Waals surface area contributed by atoms with E-state index >= 15 is 0 Å². The first-order chi connectivity index (χ1) is 7.58. The smallest absolute Gasteiger partial charge is 0.366 e. The molecule has 16 heavy (non-hydrogen) atoms. The molecule has 0 atom stereocenters. The average molecular weight is 227 g/mol. The first-order valence-corrected chi connectivity index (χ1v) is 4.30. The Morgan fingerprint density at radius 1 is 1.50 bits per heavy atom. The number of nitrogens with zero attached hydrogens (tertiary/aromatic N) is 2. The molecule has 7 heteroatoms. The maximum Gasteiger partial charge on any atom is 0.405 e. The largest absolute Gasteiger partial charge is 0.405 e. The van der Waals surface area contributed by atoms with Gasteiger partial charge in [-0.1, -0.05) is 0 Å². The molecule has 0 unspecified atom stereocenters. The van der Waals surface area contributed by atoms with E-state index in [1.807, 2.05) is 0 Å². The summed E-state index contributed by atoms with van der Waals surface area (Å²) in [5, 5.41) is 0. The molecule has 5 nitrogen and oxygen atoms in total. The number of hydrogen-bond donors (Lipinski definition) is 1. The fourth-order valence-corrected chi connectivity index (χ4v) is 1.31. The van der Waals surface area contributed by atoms with Crippen LogP contribution in [0.4, 0.5) is 8.78 Å². The fraction of sp³-hybridized carbons (Fsp3) is 0.111. The summed E-state index contributed by atoms with van der Waals surface area (Å²) in [4.78, 5) is 18.8. The van der Waals surface area contributed by atoms with Gasteiger partial charge in [-0.15, -0.1) is 0 Å². The van der Waals surface area contributed by atoms with Crippen molar-refractivity contribution in [1.29, 1.82) is 0 Å². The molecular formula is C9H7F2N3O2. The Hall–Kier alpha value is -2.18. The highest BCUT2D eigenvalue weighted by Crippen LogP contribution is 2.14. The van der Waals surface area contributed by atoms with Crippen LogP contribution in [0.2, 0.25) is 0 Å². The normalized spacial score (nSPS) is 10.9. The van der Waals surface area contributed by atoms with Gasteiger partial charge in [0, 0.05) is 5.56 Å². The molecule has 1 amide bonds. The number of fused-ring (bicyclic) bond motifs is 1. The van der Waals surface area contributed by atoms with E-state index in [9.17, 15) is 13.6 Å². The second kappa shape index (κ2) is 3.76. The number of halogens is 2. The minimum atomic E-state index is -2.94. The summed E-state index contributed by atoms with van der Waals surface area (Å²) in [5.74, 6) is -0.605. The summed E-state index contributed by atoms with van der Waals surface area (Å²) in [6.07, 6.45) is 1.10. The number of aromatic nitrogens is 2. The third-order valence-corrected chi connectivity index (χ3v) is 1.99. The molecule has 0 saturated carbocycles. The Kier molecular flexibility index (Phi) is 2.43. The van der Waals surface area contributed by atoms with E-state index in [1.54, 1.807) is 0 Å². The Balaban J connectivity index is 2.46. The monoisotopic (exact) mass is 227 g/mol. The van der Waals surface area contributed by atoms with Crippen LogP contribution >= 0.6 is 0 Å². The van der Waals surface area contributed by atoms with Gasteiger partial charge in [0.15, 0.2) is 0 Å². The fourth-order valence-electron chi connectivity index (χ4n) is 1.31. The maximum absolute atomic E-state index is 12.0. The lowest BCUT2D eigenvalue weighted by Gasteiger charge is -2.04. The molecule has 1 aromatic heterocycles. The highest BCUT2D eigenvalue weighted by Gasteiger charge is 2.10. The molecule has 0 aliphatic rings. The summed E-state index contributed by atoms with van der Waals surface area (Å²) < 4.78 is 24.8. The van der Waals surface area contributed by atoms with Crippen molar-refractivity contribution in [2.24, 2.45) is 5.73 Å². The van der Waals surface area contributed by atoms with Gasteiger partial charge in [-0.25, -0.2) is 4.98 Å². The number of hydrogen-bond acceptors (Lipinski definition) is 3. The molecular weight excluding hydrogens is 220 g/mol. The number of primary amides is 1. The van der Waals surface area contributed by atoms with Crippen LogP contribution in [0, 0.1) is 0 Å². The standard InChI is InChI=1S/C9H7F2N3O2/c10-9(11)16-14-4-13-6-3-5(8(12)15)1-2-7(6)14/h1-4,9H,(H2,12,15).